The number of benzene rings is 2. The fraction of sp³-hybridized carbons (Fsp3) is 0.286. The Bertz CT molecular complexity index is 1040. The number of nitrogens with two attached hydrogens (primary N) is 1. The zero-order chi connectivity index (χ0) is 22.2. The van der Waals surface area contributed by atoms with Crippen molar-refractivity contribution in [3.8, 4) is 11.5 Å². The van der Waals surface area contributed by atoms with E-state index in [1.165, 1.54) is 5.56 Å². The third-order valence-electron chi connectivity index (χ3n) is 4.44. The van der Waals surface area contributed by atoms with Crippen molar-refractivity contribution in [2.24, 2.45) is 0 Å². The summed E-state index contributed by atoms with van der Waals surface area (Å²) < 4.78 is 15.8. The molecule has 164 valence electrons. The lowest BCUT2D eigenvalue weighted by Gasteiger charge is -2.14. The van der Waals surface area contributed by atoms with E-state index in [1.807, 2.05) is 31.2 Å². The highest BCUT2D eigenvalue weighted by molar-refractivity contribution is 6.31. The van der Waals surface area contributed by atoms with E-state index in [0.717, 1.165) is 11.1 Å². The Hall–Kier alpha value is -3.30. The lowest BCUT2D eigenvalue weighted by molar-refractivity contribution is 0.0944. The van der Waals surface area contributed by atoms with Gasteiger partial charge in [0.15, 0.2) is 11.5 Å². The number of carbonyl (C=O) groups excluding carboxylic acids is 1. The Labute approximate surface area is 184 Å². The molecule has 1 heterocycles. The molecule has 0 saturated carbocycles. The predicted molar refractivity (Wildman–Crippen MR) is 116 cm³/mol. The Balaban J connectivity index is 1.51. The zero-order valence-corrected chi connectivity index (χ0v) is 18.0. The number of nitrogen functional groups attached to an aromatic ring is 1. The SMILES string of the molecule is COc1cc(CNCCNC(=O)c2nonc2N)c(Cl)cc1OCc1cccc(C)c1. The number of halogens is 1. The molecule has 0 spiro atoms. The number of hydrogen-bond donors (Lipinski definition) is 3. The summed E-state index contributed by atoms with van der Waals surface area (Å²) in [6.45, 7) is 3.79. The lowest BCUT2D eigenvalue weighted by Crippen LogP contribution is -2.32. The van der Waals surface area contributed by atoms with Crippen molar-refractivity contribution in [2.45, 2.75) is 20.1 Å². The minimum atomic E-state index is -0.449. The lowest BCUT2D eigenvalue weighted by atomic mass is 10.1. The minimum absolute atomic E-state index is 0.0333. The van der Waals surface area contributed by atoms with Crippen LogP contribution in [0.15, 0.2) is 41.0 Å². The van der Waals surface area contributed by atoms with E-state index in [-0.39, 0.29) is 11.5 Å². The first kappa shape index (κ1) is 22.4. The van der Waals surface area contributed by atoms with Gasteiger partial charge in [-0.2, -0.15) is 0 Å². The molecule has 0 radical (unpaired) electrons. The van der Waals surface area contributed by atoms with Gasteiger partial charge >= 0.3 is 0 Å². The van der Waals surface area contributed by atoms with E-state index in [1.54, 1.807) is 13.2 Å². The number of ether oxygens (including phenoxy) is 2. The van der Waals surface area contributed by atoms with Crippen molar-refractivity contribution in [3.05, 3.63) is 63.8 Å². The van der Waals surface area contributed by atoms with Crippen LogP contribution in [0.2, 0.25) is 5.02 Å². The van der Waals surface area contributed by atoms with E-state index < -0.39 is 5.91 Å². The van der Waals surface area contributed by atoms with E-state index in [0.29, 0.717) is 42.8 Å². The molecular weight excluding hydrogens is 422 g/mol. The largest absolute Gasteiger partial charge is 0.493 e. The van der Waals surface area contributed by atoms with Crippen LogP contribution >= 0.6 is 11.6 Å². The molecule has 3 rings (SSSR count). The number of methoxy groups -OCH3 is 1. The van der Waals surface area contributed by atoms with Crippen molar-refractivity contribution >= 4 is 23.3 Å². The number of aromatic nitrogens is 2. The standard InChI is InChI=1S/C21H24ClN5O4/c1-13-4-3-5-14(8-13)12-30-18-10-16(22)15(9-17(18)29-2)11-24-6-7-25-21(28)19-20(23)27-31-26-19/h3-5,8-10,24H,6-7,11-12H2,1-2H3,(H2,23,27)(H,25,28). The summed E-state index contributed by atoms with van der Waals surface area (Å²) >= 11 is 6.43. The van der Waals surface area contributed by atoms with Crippen molar-refractivity contribution in [3.63, 3.8) is 0 Å². The van der Waals surface area contributed by atoms with Crippen LogP contribution in [0.4, 0.5) is 5.82 Å². The Morgan fingerprint density at radius 3 is 2.74 bits per heavy atom. The van der Waals surface area contributed by atoms with Gasteiger partial charge < -0.3 is 25.8 Å². The Morgan fingerprint density at radius 2 is 2.03 bits per heavy atom. The molecule has 10 heteroatoms. The summed E-state index contributed by atoms with van der Waals surface area (Å²) in [7, 11) is 1.58. The highest BCUT2D eigenvalue weighted by Gasteiger charge is 2.15. The Morgan fingerprint density at radius 1 is 1.19 bits per heavy atom. The molecule has 31 heavy (non-hydrogen) atoms. The first-order chi connectivity index (χ1) is 15.0. The monoisotopic (exact) mass is 445 g/mol. The van der Waals surface area contributed by atoms with Crippen LogP contribution in [-0.4, -0.2) is 36.4 Å². The van der Waals surface area contributed by atoms with Crippen LogP contribution in [0, 0.1) is 6.92 Å². The van der Waals surface area contributed by atoms with E-state index in [2.05, 4.69) is 31.6 Å². The highest BCUT2D eigenvalue weighted by atomic mass is 35.5. The van der Waals surface area contributed by atoms with Crippen molar-refractivity contribution in [2.75, 3.05) is 25.9 Å². The average Bonchev–Trinajstić information content (AvgIpc) is 3.19. The molecule has 2 aromatic carbocycles. The van der Waals surface area contributed by atoms with Crippen molar-refractivity contribution in [1.29, 1.82) is 0 Å². The highest BCUT2D eigenvalue weighted by Crippen LogP contribution is 2.34. The first-order valence-corrected chi connectivity index (χ1v) is 9.97. The van der Waals surface area contributed by atoms with Gasteiger partial charge in [-0.1, -0.05) is 41.4 Å². The topological polar surface area (TPSA) is 125 Å². The number of rotatable bonds is 10. The minimum Gasteiger partial charge on any atom is -0.493 e. The summed E-state index contributed by atoms with van der Waals surface area (Å²) in [4.78, 5) is 11.9. The summed E-state index contributed by atoms with van der Waals surface area (Å²) in [5, 5.41) is 13.3. The number of nitrogens with zero attached hydrogens (tertiary/aromatic N) is 2. The van der Waals surface area contributed by atoms with E-state index in [4.69, 9.17) is 26.8 Å². The van der Waals surface area contributed by atoms with Crippen LogP contribution < -0.4 is 25.8 Å². The number of nitrogens with one attached hydrogen (secondary N) is 2. The Kier molecular flexibility index (Phi) is 7.69. The maximum Gasteiger partial charge on any atom is 0.277 e. The van der Waals surface area contributed by atoms with Gasteiger partial charge in [0.2, 0.25) is 11.5 Å². The second kappa shape index (κ2) is 10.6. The molecule has 0 fully saturated rings. The molecule has 0 aliphatic carbocycles. The quantitative estimate of drug-likeness (QED) is 0.407. The van der Waals surface area contributed by atoms with Gasteiger partial charge in [-0.25, -0.2) is 4.63 Å². The first-order valence-electron chi connectivity index (χ1n) is 9.59. The molecule has 0 aliphatic rings. The van der Waals surface area contributed by atoms with E-state index >= 15 is 0 Å². The third-order valence-corrected chi connectivity index (χ3v) is 4.79. The van der Waals surface area contributed by atoms with Crippen LogP contribution in [0.25, 0.3) is 0 Å². The molecule has 0 aliphatic heterocycles. The van der Waals surface area contributed by atoms with Gasteiger partial charge in [-0.3, -0.25) is 4.79 Å². The molecule has 0 unspecified atom stereocenters. The summed E-state index contributed by atoms with van der Waals surface area (Å²) in [5.74, 6) is 0.671. The van der Waals surface area contributed by atoms with Gasteiger partial charge in [0.1, 0.15) is 6.61 Å². The summed E-state index contributed by atoms with van der Waals surface area (Å²) in [6.07, 6.45) is 0. The van der Waals surface area contributed by atoms with Crippen LogP contribution in [0.3, 0.4) is 0 Å². The number of hydrogen-bond acceptors (Lipinski definition) is 8. The second-order valence-corrected chi connectivity index (χ2v) is 7.21. The molecule has 0 saturated heterocycles. The fourth-order valence-electron chi connectivity index (χ4n) is 2.87. The van der Waals surface area contributed by atoms with Crippen LogP contribution in [0.5, 0.6) is 11.5 Å². The normalized spacial score (nSPS) is 10.7. The molecule has 0 bridgehead atoms. The van der Waals surface area contributed by atoms with Gasteiger partial charge in [0.25, 0.3) is 5.91 Å². The zero-order valence-electron chi connectivity index (χ0n) is 17.3. The molecule has 9 nitrogen and oxygen atoms in total. The van der Waals surface area contributed by atoms with Crippen LogP contribution in [-0.2, 0) is 13.2 Å². The molecule has 1 amide bonds. The maximum absolute atomic E-state index is 11.9. The maximum atomic E-state index is 11.9. The third kappa shape index (κ3) is 6.09. The van der Waals surface area contributed by atoms with Gasteiger partial charge in [0, 0.05) is 30.7 Å². The van der Waals surface area contributed by atoms with Crippen molar-refractivity contribution < 1.29 is 18.9 Å². The summed E-state index contributed by atoms with van der Waals surface area (Å²) in [6, 6.07) is 11.7. The number of amides is 1. The van der Waals surface area contributed by atoms with Crippen molar-refractivity contribution in [1.82, 2.24) is 20.9 Å². The fourth-order valence-corrected chi connectivity index (χ4v) is 3.09. The number of anilines is 1. The predicted octanol–water partition coefficient (Wildman–Crippen LogP) is 2.72. The number of aryl methyl sites for hydroxylation is 1. The molecule has 3 aromatic rings. The van der Waals surface area contributed by atoms with E-state index in [9.17, 15) is 4.79 Å². The van der Waals surface area contributed by atoms with Gasteiger partial charge in [0.05, 0.1) is 7.11 Å². The molecule has 4 N–H and O–H groups in total. The number of carbonyl (C=O) groups is 1. The van der Waals surface area contributed by atoms with Gasteiger partial charge in [-0.05, 0) is 34.4 Å². The molecule has 1 aromatic heterocycles. The average molecular weight is 446 g/mol. The molecular formula is C21H24ClN5O4. The van der Waals surface area contributed by atoms with Crippen LogP contribution in [0.1, 0.15) is 27.2 Å². The smallest absolute Gasteiger partial charge is 0.277 e. The summed E-state index contributed by atoms with van der Waals surface area (Å²) in [5.41, 5.74) is 8.53. The second-order valence-electron chi connectivity index (χ2n) is 6.80. The molecule has 0 atom stereocenters. The van der Waals surface area contributed by atoms with Gasteiger partial charge in [-0.15, -0.1) is 0 Å².